The van der Waals surface area contributed by atoms with Crippen LogP contribution in [0.2, 0.25) is 0 Å². The summed E-state index contributed by atoms with van der Waals surface area (Å²) in [5, 5.41) is 6.27. The van der Waals surface area contributed by atoms with E-state index in [1.54, 1.807) is 4.90 Å². The number of carbonyl (C=O) groups excluding carboxylic acids is 2. The van der Waals surface area contributed by atoms with Crippen LogP contribution in [0.25, 0.3) is 0 Å². The van der Waals surface area contributed by atoms with Gasteiger partial charge in [0, 0.05) is 43.5 Å². The molecule has 1 N–H and O–H groups in total. The van der Waals surface area contributed by atoms with E-state index in [-0.39, 0.29) is 36.6 Å². The number of amides is 2. The van der Waals surface area contributed by atoms with Crippen LogP contribution >= 0.6 is 36.2 Å². The van der Waals surface area contributed by atoms with E-state index < -0.39 is 0 Å². The van der Waals surface area contributed by atoms with Crippen LogP contribution in [0.4, 0.5) is 5.13 Å². The molecule has 2 atom stereocenters. The molecule has 4 heterocycles. The summed E-state index contributed by atoms with van der Waals surface area (Å²) in [5.74, 6) is 0.274. The molecule has 1 aromatic rings. The van der Waals surface area contributed by atoms with E-state index in [1.807, 2.05) is 17.3 Å². The maximum absolute atomic E-state index is 12.6. The van der Waals surface area contributed by atoms with Gasteiger partial charge >= 0.3 is 0 Å². The third-order valence-electron chi connectivity index (χ3n) is 5.57. The molecule has 3 aliphatic rings. The van der Waals surface area contributed by atoms with Crippen molar-refractivity contribution in [2.45, 2.75) is 63.1 Å². The molecule has 4 rings (SSSR count). The zero-order valence-corrected chi connectivity index (χ0v) is 17.3. The summed E-state index contributed by atoms with van der Waals surface area (Å²) < 4.78 is 0. The number of thiazole rings is 1. The Balaban J connectivity index is 0.00000121. The maximum Gasteiger partial charge on any atom is 0.228 e. The van der Waals surface area contributed by atoms with Gasteiger partial charge in [-0.15, -0.1) is 36.2 Å². The summed E-state index contributed by atoms with van der Waals surface area (Å²) in [5.41, 5.74) is 0.781. The average Bonchev–Trinajstić information content (AvgIpc) is 3.27. The van der Waals surface area contributed by atoms with Crippen LogP contribution < -0.4 is 10.2 Å². The Hall–Kier alpha value is -0.890. The molecule has 2 bridgehead atoms. The largest absolute Gasteiger partial charge is 0.342 e. The van der Waals surface area contributed by atoms with Crippen LogP contribution in [0, 0.1) is 0 Å². The van der Waals surface area contributed by atoms with Gasteiger partial charge in [-0.1, -0.05) is 0 Å². The van der Waals surface area contributed by atoms with E-state index in [2.05, 4.69) is 10.3 Å². The number of anilines is 1. The van der Waals surface area contributed by atoms with Gasteiger partial charge in [0.1, 0.15) is 0 Å². The molecule has 6 nitrogen and oxygen atoms in total. The Bertz CT molecular complexity index is 644. The Morgan fingerprint density at radius 1 is 1.35 bits per heavy atom. The Morgan fingerprint density at radius 3 is 2.65 bits per heavy atom. The molecule has 1 aromatic heterocycles. The van der Waals surface area contributed by atoms with E-state index >= 15 is 0 Å². The monoisotopic (exact) mass is 420 g/mol. The average molecular weight is 421 g/mol. The smallest absolute Gasteiger partial charge is 0.228 e. The number of nitrogens with one attached hydrogen (secondary N) is 1. The van der Waals surface area contributed by atoms with Gasteiger partial charge in [0.2, 0.25) is 11.8 Å². The second-order valence-electron chi connectivity index (χ2n) is 7.21. The van der Waals surface area contributed by atoms with Gasteiger partial charge in [-0.2, -0.15) is 0 Å². The molecule has 146 valence electrons. The van der Waals surface area contributed by atoms with E-state index in [9.17, 15) is 9.59 Å². The number of nitrogens with zero attached hydrogens (tertiary/aromatic N) is 3. The summed E-state index contributed by atoms with van der Waals surface area (Å²) in [6, 6.07) is 1.50. The second-order valence-corrected chi connectivity index (χ2v) is 8.05. The predicted molar refractivity (Wildman–Crippen MR) is 108 cm³/mol. The second kappa shape index (κ2) is 8.87. The normalized spacial score (nSPS) is 27.0. The summed E-state index contributed by atoms with van der Waals surface area (Å²) in [6.45, 7) is 0.748. The van der Waals surface area contributed by atoms with Crippen LogP contribution in [0.5, 0.6) is 0 Å². The van der Waals surface area contributed by atoms with E-state index in [1.165, 1.54) is 24.2 Å². The first-order chi connectivity index (χ1) is 11.6. The summed E-state index contributed by atoms with van der Waals surface area (Å²) in [7, 11) is 1.93. The van der Waals surface area contributed by atoms with Gasteiger partial charge in [-0.3, -0.25) is 14.5 Å². The molecule has 0 aromatic carbocycles. The molecule has 3 saturated heterocycles. The van der Waals surface area contributed by atoms with Crippen molar-refractivity contribution in [1.29, 1.82) is 0 Å². The quantitative estimate of drug-likeness (QED) is 0.811. The predicted octanol–water partition coefficient (Wildman–Crippen LogP) is 2.40. The van der Waals surface area contributed by atoms with E-state index in [4.69, 9.17) is 0 Å². The summed E-state index contributed by atoms with van der Waals surface area (Å²) in [6.07, 6.45) is 6.42. The van der Waals surface area contributed by atoms with Crippen molar-refractivity contribution in [3.8, 4) is 0 Å². The number of hydrogen-bond acceptors (Lipinski definition) is 5. The number of piperidine rings is 1. The first-order valence-corrected chi connectivity index (χ1v) is 9.74. The summed E-state index contributed by atoms with van der Waals surface area (Å²) in [4.78, 5) is 32.6. The third-order valence-corrected chi connectivity index (χ3v) is 6.48. The topological polar surface area (TPSA) is 65.5 Å². The fraction of sp³-hybridized carbons (Fsp3) is 0.706. The Labute approximate surface area is 170 Å². The van der Waals surface area contributed by atoms with Crippen LogP contribution in [0.15, 0.2) is 5.38 Å². The molecule has 3 fully saturated rings. The molecule has 3 aliphatic heterocycles. The number of aromatic nitrogens is 1. The number of hydrogen-bond donors (Lipinski definition) is 1. The van der Waals surface area contributed by atoms with Crippen molar-refractivity contribution in [3.63, 3.8) is 0 Å². The highest BCUT2D eigenvalue weighted by atomic mass is 35.5. The first-order valence-electron chi connectivity index (χ1n) is 8.86. The van der Waals surface area contributed by atoms with Crippen molar-refractivity contribution in [3.05, 3.63) is 11.1 Å². The standard InChI is InChI=1S/C17H24N4O2S.2ClH/c1-20(14-7-11-4-5-12(8-14)18-11)16(23)9-13-10-24-17(19-13)21-6-2-3-15(21)22;;/h10-12,14,18H,2-9H2,1H3;2*1H. The van der Waals surface area contributed by atoms with Crippen molar-refractivity contribution in [2.24, 2.45) is 0 Å². The minimum atomic E-state index is 0. The molecule has 0 saturated carbocycles. The number of fused-ring (bicyclic) bond motifs is 2. The number of halogens is 2. The minimum Gasteiger partial charge on any atom is -0.342 e. The minimum absolute atomic E-state index is 0. The number of rotatable bonds is 4. The van der Waals surface area contributed by atoms with E-state index in [0.717, 1.165) is 36.6 Å². The molecule has 26 heavy (non-hydrogen) atoms. The Morgan fingerprint density at radius 2 is 2.04 bits per heavy atom. The highest BCUT2D eigenvalue weighted by Crippen LogP contribution is 2.30. The molecular weight excluding hydrogens is 395 g/mol. The van der Waals surface area contributed by atoms with Crippen LogP contribution in [0.3, 0.4) is 0 Å². The number of likely N-dealkylation sites (N-methyl/N-ethyl adjacent to an activating group) is 1. The number of carbonyl (C=O) groups is 2. The molecular formula is C17H26Cl2N4O2S. The molecule has 0 spiro atoms. The lowest BCUT2D eigenvalue weighted by atomic mass is 9.98. The SMILES string of the molecule is CN(C(=O)Cc1csc(N2CCCC2=O)n1)C1CC2CCC(C1)N2.Cl.Cl. The fourth-order valence-electron chi connectivity index (χ4n) is 4.18. The van der Waals surface area contributed by atoms with Gasteiger partial charge in [-0.25, -0.2) is 4.98 Å². The molecule has 0 radical (unpaired) electrons. The first kappa shape index (κ1) is 21.4. The molecule has 2 unspecified atom stereocenters. The maximum atomic E-state index is 12.6. The highest BCUT2D eigenvalue weighted by molar-refractivity contribution is 7.14. The summed E-state index contributed by atoms with van der Waals surface area (Å²) >= 11 is 1.46. The van der Waals surface area contributed by atoms with Gasteiger partial charge in [0.15, 0.2) is 5.13 Å². The lowest BCUT2D eigenvalue weighted by Gasteiger charge is -2.35. The van der Waals surface area contributed by atoms with Gasteiger partial charge in [0.25, 0.3) is 0 Å². The zero-order chi connectivity index (χ0) is 16.7. The van der Waals surface area contributed by atoms with Crippen molar-refractivity contribution >= 4 is 53.1 Å². The molecule has 2 amide bonds. The van der Waals surface area contributed by atoms with Crippen molar-refractivity contribution < 1.29 is 9.59 Å². The van der Waals surface area contributed by atoms with Crippen LogP contribution in [-0.2, 0) is 16.0 Å². The van der Waals surface area contributed by atoms with Crippen LogP contribution in [0.1, 0.15) is 44.2 Å². The zero-order valence-electron chi connectivity index (χ0n) is 14.8. The lowest BCUT2D eigenvalue weighted by Crippen LogP contribution is -2.49. The van der Waals surface area contributed by atoms with Crippen molar-refractivity contribution in [2.75, 3.05) is 18.5 Å². The molecule has 9 heteroatoms. The van der Waals surface area contributed by atoms with E-state index in [0.29, 0.717) is 31.0 Å². The third kappa shape index (κ3) is 4.32. The molecule has 0 aliphatic carbocycles. The van der Waals surface area contributed by atoms with Gasteiger partial charge in [-0.05, 0) is 32.1 Å². The van der Waals surface area contributed by atoms with Gasteiger partial charge < -0.3 is 10.2 Å². The van der Waals surface area contributed by atoms with Gasteiger partial charge in [0.05, 0.1) is 12.1 Å². The van der Waals surface area contributed by atoms with Crippen LogP contribution in [-0.4, -0.2) is 53.4 Å². The lowest BCUT2D eigenvalue weighted by molar-refractivity contribution is -0.132. The Kier molecular flexibility index (Phi) is 7.30. The highest BCUT2D eigenvalue weighted by Gasteiger charge is 2.36. The van der Waals surface area contributed by atoms with Crippen molar-refractivity contribution in [1.82, 2.24) is 15.2 Å². The fourth-order valence-corrected chi connectivity index (χ4v) is 5.05.